The number of allylic oxidation sites excluding steroid dienone is 1. The van der Waals surface area contributed by atoms with Gasteiger partial charge in [0.25, 0.3) is 0 Å². The van der Waals surface area contributed by atoms with Crippen LogP contribution in [0, 0.1) is 17.3 Å². The summed E-state index contributed by atoms with van der Waals surface area (Å²) in [6.07, 6.45) is 3.95. The number of hydrogen-bond acceptors (Lipinski definition) is 3. The summed E-state index contributed by atoms with van der Waals surface area (Å²) in [5.41, 5.74) is 1.59. The molecule has 0 aromatic heterocycles. The van der Waals surface area contributed by atoms with E-state index in [-0.39, 0.29) is 0 Å². The first-order valence-electron chi connectivity index (χ1n) is 5.91. The van der Waals surface area contributed by atoms with Crippen molar-refractivity contribution < 1.29 is 14.6 Å². The van der Waals surface area contributed by atoms with Gasteiger partial charge in [0, 0.05) is 6.42 Å². The highest BCUT2D eigenvalue weighted by atomic mass is 16.5. The molecule has 3 rings (SSSR count). The van der Waals surface area contributed by atoms with E-state index in [1.54, 1.807) is 0 Å². The molecule has 1 fully saturated rings. The normalized spacial score (nSPS) is 32.4. The van der Waals surface area contributed by atoms with Crippen LogP contribution in [-0.2, 0) is 9.53 Å². The maximum absolute atomic E-state index is 11.2. The second-order valence-electron chi connectivity index (χ2n) is 5.56. The standard InChI is InChI=1S/C13H20O3/c1-13(2)9-5-4-8(10(13)7-9)6-11(14)12(15)16-3/h4,9-11,14H,5-7H2,1-3H3. The predicted molar refractivity (Wildman–Crippen MR) is 60.7 cm³/mol. The number of esters is 1. The second-order valence-corrected chi connectivity index (χ2v) is 5.56. The molecule has 3 nitrogen and oxygen atoms in total. The fourth-order valence-electron chi connectivity index (χ4n) is 3.15. The van der Waals surface area contributed by atoms with Gasteiger partial charge in [-0.3, -0.25) is 0 Å². The molecule has 2 bridgehead atoms. The van der Waals surface area contributed by atoms with Crippen LogP contribution in [0.1, 0.15) is 33.1 Å². The van der Waals surface area contributed by atoms with Crippen LogP contribution >= 0.6 is 0 Å². The van der Waals surface area contributed by atoms with Crippen LogP contribution in [0.25, 0.3) is 0 Å². The molecular weight excluding hydrogens is 204 g/mol. The highest BCUT2D eigenvalue weighted by Crippen LogP contribution is 2.59. The predicted octanol–water partition coefficient (Wildman–Crippen LogP) is 1.90. The topological polar surface area (TPSA) is 46.5 Å². The molecule has 3 unspecified atom stereocenters. The van der Waals surface area contributed by atoms with Crippen LogP contribution in [0.2, 0.25) is 0 Å². The molecule has 1 N–H and O–H groups in total. The third-order valence-corrected chi connectivity index (χ3v) is 4.48. The number of hydrogen-bond donors (Lipinski definition) is 1. The Hall–Kier alpha value is -0.830. The summed E-state index contributed by atoms with van der Waals surface area (Å²) in [7, 11) is 1.31. The summed E-state index contributed by atoms with van der Waals surface area (Å²) >= 11 is 0. The first kappa shape index (κ1) is 11.6. The van der Waals surface area contributed by atoms with Crippen molar-refractivity contribution in [2.45, 2.75) is 39.2 Å². The lowest BCUT2D eigenvalue weighted by Gasteiger charge is -2.56. The lowest BCUT2D eigenvalue weighted by molar-refractivity contribution is -0.150. The van der Waals surface area contributed by atoms with E-state index < -0.39 is 12.1 Å². The number of aliphatic hydroxyl groups is 1. The van der Waals surface area contributed by atoms with Crippen LogP contribution in [0.3, 0.4) is 0 Å². The van der Waals surface area contributed by atoms with Crippen LogP contribution in [0.4, 0.5) is 0 Å². The number of fused-ring (bicyclic) bond motifs is 1. The van der Waals surface area contributed by atoms with Crippen molar-refractivity contribution in [1.82, 2.24) is 0 Å². The Bertz CT molecular complexity index is 330. The zero-order chi connectivity index (χ0) is 11.9. The summed E-state index contributed by atoms with van der Waals surface area (Å²) in [4.78, 5) is 11.2. The number of ether oxygens (including phenoxy) is 1. The van der Waals surface area contributed by atoms with Crippen LogP contribution in [-0.4, -0.2) is 24.3 Å². The van der Waals surface area contributed by atoms with Gasteiger partial charge in [-0.05, 0) is 30.1 Å². The molecule has 0 aromatic rings. The third kappa shape index (κ3) is 1.67. The van der Waals surface area contributed by atoms with Gasteiger partial charge >= 0.3 is 5.97 Å². The Kier molecular flexibility index (Phi) is 2.82. The first-order chi connectivity index (χ1) is 7.46. The number of rotatable bonds is 3. The first-order valence-corrected chi connectivity index (χ1v) is 5.91. The Morgan fingerprint density at radius 2 is 2.38 bits per heavy atom. The Labute approximate surface area is 96.5 Å². The van der Waals surface area contributed by atoms with Crippen molar-refractivity contribution in [3.63, 3.8) is 0 Å². The Morgan fingerprint density at radius 1 is 1.69 bits per heavy atom. The van der Waals surface area contributed by atoms with Crippen molar-refractivity contribution in [3.05, 3.63) is 11.6 Å². The van der Waals surface area contributed by atoms with Gasteiger partial charge in [0.1, 0.15) is 0 Å². The summed E-state index contributed by atoms with van der Waals surface area (Å²) in [5, 5.41) is 9.66. The van der Waals surface area contributed by atoms with Crippen molar-refractivity contribution in [1.29, 1.82) is 0 Å². The van der Waals surface area contributed by atoms with Crippen LogP contribution in [0.15, 0.2) is 11.6 Å². The van der Waals surface area contributed by atoms with Crippen molar-refractivity contribution in [3.8, 4) is 0 Å². The molecule has 1 saturated carbocycles. The number of methoxy groups -OCH3 is 1. The molecule has 3 aliphatic rings. The lowest BCUT2D eigenvalue weighted by Crippen LogP contribution is -2.48. The molecule has 0 amide bonds. The monoisotopic (exact) mass is 224 g/mol. The summed E-state index contributed by atoms with van der Waals surface area (Å²) in [6, 6.07) is 0. The molecule has 0 saturated heterocycles. The fraction of sp³-hybridized carbons (Fsp3) is 0.769. The highest BCUT2D eigenvalue weighted by Gasteiger charge is 2.51. The van der Waals surface area contributed by atoms with E-state index in [1.165, 1.54) is 19.1 Å². The van der Waals surface area contributed by atoms with E-state index in [2.05, 4.69) is 24.7 Å². The van der Waals surface area contributed by atoms with Crippen molar-refractivity contribution in [2.24, 2.45) is 17.3 Å². The van der Waals surface area contributed by atoms with Crippen molar-refractivity contribution >= 4 is 5.97 Å². The van der Waals surface area contributed by atoms with E-state index in [0.29, 0.717) is 17.8 Å². The van der Waals surface area contributed by atoms with Gasteiger partial charge in [-0.25, -0.2) is 4.79 Å². The van der Waals surface area contributed by atoms with Gasteiger partial charge in [0.15, 0.2) is 6.10 Å². The SMILES string of the molecule is COC(=O)C(O)CC1=CCC2CC1C2(C)C. The Balaban J connectivity index is 2.01. The fourth-order valence-corrected chi connectivity index (χ4v) is 3.15. The molecule has 16 heavy (non-hydrogen) atoms. The summed E-state index contributed by atoms with van der Waals surface area (Å²) < 4.78 is 4.54. The number of carbonyl (C=O) groups excluding carboxylic acids is 1. The van der Waals surface area contributed by atoms with E-state index in [0.717, 1.165) is 12.3 Å². The van der Waals surface area contributed by atoms with E-state index >= 15 is 0 Å². The van der Waals surface area contributed by atoms with E-state index in [9.17, 15) is 9.90 Å². The van der Waals surface area contributed by atoms with Crippen LogP contribution in [0.5, 0.6) is 0 Å². The van der Waals surface area contributed by atoms with Gasteiger partial charge in [-0.2, -0.15) is 0 Å². The molecule has 0 radical (unpaired) electrons. The van der Waals surface area contributed by atoms with Crippen molar-refractivity contribution in [2.75, 3.05) is 7.11 Å². The molecule has 3 aliphatic carbocycles. The van der Waals surface area contributed by atoms with E-state index in [4.69, 9.17) is 0 Å². The molecule has 0 aliphatic heterocycles. The average Bonchev–Trinajstić information content (AvgIpc) is 2.27. The minimum atomic E-state index is -0.996. The molecule has 3 heteroatoms. The quantitative estimate of drug-likeness (QED) is 0.588. The highest BCUT2D eigenvalue weighted by molar-refractivity contribution is 5.74. The molecule has 0 heterocycles. The van der Waals surface area contributed by atoms with Gasteiger partial charge in [0.2, 0.25) is 0 Å². The summed E-state index contributed by atoms with van der Waals surface area (Å²) in [6.45, 7) is 4.56. The molecular formula is C13H20O3. The number of carbonyl (C=O) groups is 1. The van der Waals surface area contributed by atoms with Gasteiger partial charge < -0.3 is 9.84 Å². The van der Waals surface area contributed by atoms with E-state index in [1.807, 2.05) is 0 Å². The zero-order valence-corrected chi connectivity index (χ0v) is 10.2. The molecule has 90 valence electrons. The maximum atomic E-state index is 11.2. The van der Waals surface area contributed by atoms with Gasteiger partial charge in [-0.1, -0.05) is 25.5 Å². The maximum Gasteiger partial charge on any atom is 0.335 e. The van der Waals surface area contributed by atoms with Crippen LogP contribution < -0.4 is 0 Å². The summed E-state index contributed by atoms with van der Waals surface area (Å²) in [5.74, 6) is 0.808. The lowest BCUT2D eigenvalue weighted by atomic mass is 9.48. The minimum Gasteiger partial charge on any atom is -0.467 e. The van der Waals surface area contributed by atoms with Gasteiger partial charge in [0.05, 0.1) is 7.11 Å². The smallest absolute Gasteiger partial charge is 0.335 e. The zero-order valence-electron chi connectivity index (χ0n) is 10.2. The second kappa shape index (κ2) is 3.88. The molecule has 3 atom stereocenters. The number of aliphatic hydroxyl groups excluding tert-OH is 1. The minimum absolute atomic E-state index is 0.347. The largest absolute Gasteiger partial charge is 0.467 e. The molecule has 0 spiro atoms. The Morgan fingerprint density at radius 3 is 2.88 bits per heavy atom. The molecule has 0 aromatic carbocycles. The third-order valence-electron chi connectivity index (χ3n) is 4.48. The average molecular weight is 224 g/mol. The van der Waals surface area contributed by atoms with Gasteiger partial charge in [-0.15, -0.1) is 0 Å².